The van der Waals surface area contributed by atoms with Crippen LogP contribution in [0.3, 0.4) is 0 Å². The molecule has 0 bridgehead atoms. The van der Waals surface area contributed by atoms with Crippen LogP contribution in [0.1, 0.15) is 43.0 Å². The third kappa shape index (κ3) is 4.47. The first-order chi connectivity index (χ1) is 11.3. The van der Waals surface area contributed by atoms with Gasteiger partial charge in [0.2, 0.25) is 10.0 Å². The molecular weight excluding hydrogens is 332 g/mol. The van der Waals surface area contributed by atoms with Gasteiger partial charge in [0.25, 0.3) is 5.91 Å². The van der Waals surface area contributed by atoms with Gasteiger partial charge in [-0.2, -0.15) is 0 Å². The van der Waals surface area contributed by atoms with Crippen molar-refractivity contribution >= 4 is 27.6 Å². The first-order valence-corrected chi connectivity index (χ1v) is 9.63. The first-order valence-electron chi connectivity index (χ1n) is 7.98. The molecule has 1 heterocycles. The molecule has 0 spiro atoms. The summed E-state index contributed by atoms with van der Waals surface area (Å²) < 4.78 is 26.1. The van der Waals surface area contributed by atoms with Gasteiger partial charge in [0, 0.05) is 17.8 Å². The van der Waals surface area contributed by atoms with E-state index in [9.17, 15) is 23.1 Å². The number of carbonyl (C=O) groups excluding carboxylic acids is 1. The number of hydrogen-bond donors (Lipinski definition) is 2. The molecule has 2 rings (SSSR count). The molecule has 0 aliphatic carbocycles. The fraction of sp³-hybridized carbons (Fsp3) is 0.500. The molecule has 24 heavy (non-hydrogen) atoms. The van der Waals surface area contributed by atoms with Crippen LogP contribution in [0.4, 0.5) is 5.69 Å². The van der Waals surface area contributed by atoms with Gasteiger partial charge in [-0.25, -0.2) is 13.2 Å². The zero-order valence-electron chi connectivity index (χ0n) is 13.6. The predicted octanol–water partition coefficient (Wildman–Crippen LogP) is 1.92. The maximum Gasteiger partial charge on any atom is 0.326 e. The van der Waals surface area contributed by atoms with Crippen molar-refractivity contribution in [1.82, 2.24) is 4.90 Å². The fourth-order valence-electron chi connectivity index (χ4n) is 2.81. The van der Waals surface area contributed by atoms with E-state index in [1.54, 1.807) is 25.1 Å². The third-order valence-corrected chi connectivity index (χ3v) is 5.40. The van der Waals surface area contributed by atoms with Gasteiger partial charge in [0.05, 0.1) is 5.75 Å². The van der Waals surface area contributed by atoms with Crippen LogP contribution in [-0.2, 0) is 14.8 Å². The summed E-state index contributed by atoms with van der Waals surface area (Å²) in [6, 6.07) is 5.33. The van der Waals surface area contributed by atoms with Crippen molar-refractivity contribution in [3.63, 3.8) is 0 Å². The molecule has 1 aliphatic heterocycles. The molecule has 1 aliphatic rings. The number of rotatable bonds is 6. The minimum Gasteiger partial charge on any atom is -0.480 e. The van der Waals surface area contributed by atoms with Gasteiger partial charge in [-0.1, -0.05) is 13.0 Å². The topological polar surface area (TPSA) is 104 Å². The van der Waals surface area contributed by atoms with Crippen molar-refractivity contribution in [2.75, 3.05) is 17.0 Å². The van der Waals surface area contributed by atoms with Crippen LogP contribution in [-0.4, -0.2) is 48.6 Å². The second kappa shape index (κ2) is 7.65. The van der Waals surface area contributed by atoms with E-state index in [0.717, 1.165) is 12.8 Å². The molecule has 8 heteroatoms. The highest BCUT2D eigenvalue weighted by Gasteiger charge is 2.32. The SMILES string of the molecule is CCCS(=O)(=O)Nc1cccc(C(=O)N2CCCC[C@@H]2C(=O)O)c1. The molecule has 7 nitrogen and oxygen atoms in total. The molecule has 1 atom stereocenters. The van der Waals surface area contributed by atoms with Gasteiger partial charge in [-0.15, -0.1) is 0 Å². The normalized spacial score (nSPS) is 18.2. The van der Waals surface area contributed by atoms with E-state index in [-0.39, 0.29) is 11.3 Å². The summed E-state index contributed by atoms with van der Waals surface area (Å²) in [5.41, 5.74) is 0.582. The predicted molar refractivity (Wildman–Crippen MR) is 90.5 cm³/mol. The van der Waals surface area contributed by atoms with Gasteiger partial charge < -0.3 is 10.0 Å². The molecule has 0 radical (unpaired) electrons. The number of hydrogen-bond acceptors (Lipinski definition) is 4. The zero-order chi connectivity index (χ0) is 17.7. The lowest BCUT2D eigenvalue weighted by Gasteiger charge is -2.33. The Morgan fingerprint density at radius 2 is 2.08 bits per heavy atom. The Bertz CT molecular complexity index is 717. The molecule has 132 valence electrons. The largest absolute Gasteiger partial charge is 0.480 e. The Kier molecular flexibility index (Phi) is 5.82. The quantitative estimate of drug-likeness (QED) is 0.812. The number of carboxylic acids is 1. The summed E-state index contributed by atoms with van der Waals surface area (Å²) in [4.78, 5) is 25.3. The Labute approximate surface area is 141 Å². The van der Waals surface area contributed by atoms with Crippen LogP contribution in [0.25, 0.3) is 0 Å². The van der Waals surface area contributed by atoms with Gasteiger partial charge in [0.15, 0.2) is 0 Å². The summed E-state index contributed by atoms with van der Waals surface area (Å²) in [5, 5.41) is 9.29. The molecule has 0 saturated carbocycles. The highest BCUT2D eigenvalue weighted by molar-refractivity contribution is 7.92. The van der Waals surface area contributed by atoms with Crippen molar-refractivity contribution in [3.05, 3.63) is 29.8 Å². The molecular formula is C16H22N2O5S. The molecule has 0 unspecified atom stereocenters. The maximum atomic E-state index is 12.6. The Balaban J connectivity index is 2.21. The number of benzene rings is 1. The number of likely N-dealkylation sites (tertiary alicyclic amines) is 1. The van der Waals surface area contributed by atoms with E-state index in [0.29, 0.717) is 25.1 Å². The highest BCUT2D eigenvalue weighted by Crippen LogP contribution is 2.21. The van der Waals surface area contributed by atoms with Crippen molar-refractivity contribution in [1.29, 1.82) is 0 Å². The van der Waals surface area contributed by atoms with Crippen LogP contribution in [0.15, 0.2) is 24.3 Å². The van der Waals surface area contributed by atoms with E-state index in [4.69, 9.17) is 0 Å². The van der Waals surface area contributed by atoms with Gasteiger partial charge in [-0.05, 0) is 43.9 Å². The molecule has 2 N–H and O–H groups in total. The van der Waals surface area contributed by atoms with Crippen molar-refractivity contribution in [2.45, 2.75) is 38.6 Å². The standard InChI is InChI=1S/C16H22N2O5S/c1-2-10-24(22,23)17-13-7-5-6-12(11-13)15(19)18-9-4-3-8-14(18)16(20)21/h5-7,11,14,17H,2-4,8-10H2,1H3,(H,20,21)/t14-/m1/s1. The molecule has 1 aromatic rings. The summed E-state index contributed by atoms with van der Waals surface area (Å²) in [5.74, 6) is -1.40. The molecule has 0 aromatic heterocycles. The average Bonchev–Trinajstić information content (AvgIpc) is 2.53. The second-order valence-corrected chi connectivity index (χ2v) is 7.69. The number of carbonyl (C=O) groups is 2. The van der Waals surface area contributed by atoms with Crippen molar-refractivity contribution in [3.8, 4) is 0 Å². The number of amides is 1. The number of carboxylic acid groups (broad SMARTS) is 1. The number of sulfonamides is 1. The molecule has 1 fully saturated rings. The fourth-order valence-corrected chi connectivity index (χ4v) is 3.94. The van der Waals surface area contributed by atoms with Crippen LogP contribution in [0.2, 0.25) is 0 Å². The maximum absolute atomic E-state index is 12.6. The first kappa shape index (κ1) is 18.3. The lowest BCUT2D eigenvalue weighted by molar-refractivity contribution is -0.143. The van der Waals surface area contributed by atoms with Gasteiger partial charge in [0.1, 0.15) is 6.04 Å². The molecule has 1 amide bonds. The lowest BCUT2D eigenvalue weighted by atomic mass is 10.0. The van der Waals surface area contributed by atoms with Crippen LogP contribution in [0, 0.1) is 0 Å². The van der Waals surface area contributed by atoms with E-state index in [1.807, 2.05) is 0 Å². The zero-order valence-corrected chi connectivity index (χ0v) is 14.4. The number of nitrogens with zero attached hydrogens (tertiary/aromatic N) is 1. The summed E-state index contributed by atoms with van der Waals surface area (Å²) >= 11 is 0. The monoisotopic (exact) mass is 354 g/mol. The van der Waals surface area contributed by atoms with Gasteiger partial charge in [-0.3, -0.25) is 9.52 Å². The van der Waals surface area contributed by atoms with E-state index in [2.05, 4.69) is 4.72 Å². The number of aliphatic carboxylic acids is 1. The summed E-state index contributed by atoms with van der Waals surface area (Å²) in [7, 11) is -3.45. The smallest absolute Gasteiger partial charge is 0.326 e. The van der Waals surface area contributed by atoms with Gasteiger partial charge >= 0.3 is 5.97 Å². The van der Waals surface area contributed by atoms with Crippen molar-refractivity contribution in [2.24, 2.45) is 0 Å². The minimum atomic E-state index is -3.45. The second-order valence-electron chi connectivity index (χ2n) is 5.85. The third-order valence-electron chi connectivity index (χ3n) is 3.90. The number of anilines is 1. The van der Waals surface area contributed by atoms with Crippen LogP contribution < -0.4 is 4.72 Å². The van der Waals surface area contributed by atoms with E-state index < -0.39 is 27.9 Å². The Morgan fingerprint density at radius 1 is 1.33 bits per heavy atom. The lowest BCUT2D eigenvalue weighted by Crippen LogP contribution is -2.48. The van der Waals surface area contributed by atoms with E-state index in [1.165, 1.54) is 11.0 Å². The highest BCUT2D eigenvalue weighted by atomic mass is 32.2. The number of piperidine rings is 1. The van der Waals surface area contributed by atoms with Crippen molar-refractivity contribution < 1.29 is 23.1 Å². The Hall–Kier alpha value is -2.09. The summed E-state index contributed by atoms with van der Waals surface area (Å²) in [6.07, 6.45) is 2.46. The number of nitrogens with one attached hydrogen (secondary N) is 1. The minimum absolute atomic E-state index is 0.00160. The van der Waals surface area contributed by atoms with E-state index >= 15 is 0 Å². The Morgan fingerprint density at radius 3 is 2.75 bits per heavy atom. The molecule has 1 aromatic carbocycles. The molecule has 1 saturated heterocycles. The van der Waals surface area contributed by atoms with Crippen LogP contribution in [0.5, 0.6) is 0 Å². The summed E-state index contributed by atoms with van der Waals surface area (Å²) in [6.45, 7) is 2.16. The van der Waals surface area contributed by atoms with Crippen LogP contribution >= 0.6 is 0 Å². The average molecular weight is 354 g/mol.